The van der Waals surface area contributed by atoms with E-state index in [-0.39, 0.29) is 11.9 Å². The van der Waals surface area contributed by atoms with E-state index >= 15 is 0 Å². The van der Waals surface area contributed by atoms with E-state index in [0.29, 0.717) is 38.6 Å². The summed E-state index contributed by atoms with van der Waals surface area (Å²) in [5.41, 5.74) is 0.513. The van der Waals surface area contributed by atoms with Crippen LogP contribution in [0.3, 0.4) is 0 Å². The molecule has 0 saturated carbocycles. The molecule has 2 heterocycles. The van der Waals surface area contributed by atoms with Crippen LogP contribution >= 0.6 is 0 Å². The van der Waals surface area contributed by atoms with Crippen LogP contribution < -0.4 is 0 Å². The summed E-state index contributed by atoms with van der Waals surface area (Å²) in [4.78, 5) is 31.8. The van der Waals surface area contributed by atoms with E-state index < -0.39 is 5.54 Å². The molecular weight excluding hydrogens is 342 g/mol. The molecule has 0 bridgehead atoms. The zero-order valence-electron chi connectivity index (χ0n) is 16.7. The van der Waals surface area contributed by atoms with Crippen molar-refractivity contribution in [3.05, 3.63) is 35.9 Å². The maximum absolute atomic E-state index is 13.2. The van der Waals surface area contributed by atoms with Crippen LogP contribution in [0.4, 0.5) is 4.79 Å². The molecule has 3 amide bonds. The van der Waals surface area contributed by atoms with Crippen molar-refractivity contribution in [3.8, 4) is 0 Å². The number of imide groups is 1. The molecule has 1 aromatic rings. The Morgan fingerprint density at radius 3 is 2.41 bits per heavy atom. The highest BCUT2D eigenvalue weighted by Crippen LogP contribution is 2.37. The summed E-state index contributed by atoms with van der Waals surface area (Å²) < 4.78 is 5.27. The van der Waals surface area contributed by atoms with Gasteiger partial charge < -0.3 is 9.64 Å². The van der Waals surface area contributed by atoms with E-state index in [4.69, 9.17) is 4.74 Å². The van der Waals surface area contributed by atoms with Gasteiger partial charge in [0, 0.05) is 39.3 Å². The molecule has 6 nitrogen and oxygen atoms in total. The largest absolute Gasteiger partial charge is 0.383 e. The van der Waals surface area contributed by atoms with Crippen LogP contribution in [-0.2, 0) is 16.0 Å². The van der Waals surface area contributed by atoms with Gasteiger partial charge in [0.05, 0.1) is 6.61 Å². The first-order valence-corrected chi connectivity index (χ1v) is 9.94. The van der Waals surface area contributed by atoms with Crippen LogP contribution in [0, 0.1) is 0 Å². The zero-order valence-corrected chi connectivity index (χ0v) is 16.7. The van der Waals surface area contributed by atoms with Gasteiger partial charge in [-0.2, -0.15) is 0 Å². The van der Waals surface area contributed by atoms with Crippen molar-refractivity contribution in [1.82, 2.24) is 14.7 Å². The zero-order chi connectivity index (χ0) is 19.4. The molecule has 6 heteroatoms. The summed E-state index contributed by atoms with van der Waals surface area (Å²) in [6.07, 6.45) is 2.15. The van der Waals surface area contributed by atoms with Crippen molar-refractivity contribution >= 4 is 11.9 Å². The fourth-order valence-electron chi connectivity index (χ4n) is 4.42. The van der Waals surface area contributed by atoms with Crippen LogP contribution in [0.5, 0.6) is 0 Å². The minimum Gasteiger partial charge on any atom is -0.383 e. The highest BCUT2D eigenvalue weighted by Gasteiger charge is 2.57. The van der Waals surface area contributed by atoms with Crippen LogP contribution in [0.1, 0.15) is 32.3 Å². The highest BCUT2D eigenvalue weighted by molar-refractivity contribution is 6.07. The predicted octanol–water partition coefficient (Wildman–Crippen LogP) is 2.38. The summed E-state index contributed by atoms with van der Waals surface area (Å²) in [5.74, 6) is -0.0119. The van der Waals surface area contributed by atoms with Gasteiger partial charge in [-0.15, -0.1) is 0 Å². The van der Waals surface area contributed by atoms with Gasteiger partial charge in [-0.1, -0.05) is 30.3 Å². The third kappa shape index (κ3) is 3.73. The maximum Gasteiger partial charge on any atom is 0.327 e. The minimum atomic E-state index is -0.675. The number of amides is 3. The van der Waals surface area contributed by atoms with E-state index in [1.807, 2.05) is 30.0 Å². The smallest absolute Gasteiger partial charge is 0.327 e. The molecule has 2 fully saturated rings. The highest BCUT2D eigenvalue weighted by atomic mass is 16.5. The van der Waals surface area contributed by atoms with E-state index in [2.05, 4.69) is 24.0 Å². The third-order valence-corrected chi connectivity index (χ3v) is 6.06. The Morgan fingerprint density at radius 1 is 1.15 bits per heavy atom. The third-order valence-electron chi connectivity index (χ3n) is 6.06. The first-order chi connectivity index (χ1) is 13.0. The number of urea groups is 1. The Labute approximate surface area is 162 Å². The summed E-state index contributed by atoms with van der Waals surface area (Å²) in [5, 5.41) is 0. The molecule has 3 rings (SSSR count). The number of piperidine rings is 1. The molecule has 0 aromatic heterocycles. The van der Waals surface area contributed by atoms with Gasteiger partial charge in [-0.25, -0.2) is 4.79 Å². The monoisotopic (exact) mass is 373 g/mol. The van der Waals surface area contributed by atoms with Crippen LogP contribution in [0.2, 0.25) is 0 Å². The van der Waals surface area contributed by atoms with E-state index in [1.54, 1.807) is 7.11 Å². The fraction of sp³-hybridized carbons (Fsp3) is 0.619. The van der Waals surface area contributed by atoms with Gasteiger partial charge in [-0.3, -0.25) is 14.6 Å². The molecule has 0 radical (unpaired) electrons. The average Bonchev–Trinajstić information content (AvgIpc) is 2.88. The molecule has 0 N–H and O–H groups in total. The first kappa shape index (κ1) is 19.8. The second kappa shape index (κ2) is 8.40. The molecule has 1 aromatic carbocycles. The summed E-state index contributed by atoms with van der Waals surface area (Å²) in [6.45, 7) is 7.34. The summed E-state index contributed by atoms with van der Waals surface area (Å²) in [7, 11) is 1.71. The first-order valence-electron chi connectivity index (χ1n) is 9.94. The summed E-state index contributed by atoms with van der Waals surface area (Å²) >= 11 is 0. The number of likely N-dealkylation sites (tertiary alicyclic amines) is 1. The Hall–Kier alpha value is -1.92. The van der Waals surface area contributed by atoms with Crippen LogP contribution in [0.15, 0.2) is 30.3 Å². The number of carbonyl (C=O) groups excluding carboxylic acids is 2. The predicted molar refractivity (Wildman–Crippen MR) is 105 cm³/mol. The lowest BCUT2D eigenvalue weighted by atomic mass is 9.85. The molecule has 0 aliphatic carbocycles. The molecule has 2 aliphatic rings. The van der Waals surface area contributed by atoms with Crippen molar-refractivity contribution < 1.29 is 14.3 Å². The van der Waals surface area contributed by atoms with E-state index in [1.165, 1.54) is 10.5 Å². The molecule has 27 heavy (non-hydrogen) atoms. The van der Waals surface area contributed by atoms with Gasteiger partial charge in [0.2, 0.25) is 0 Å². The molecule has 1 unspecified atom stereocenters. The van der Waals surface area contributed by atoms with Crippen molar-refractivity contribution in [2.24, 2.45) is 0 Å². The van der Waals surface area contributed by atoms with Crippen molar-refractivity contribution in [2.45, 2.75) is 44.7 Å². The number of methoxy groups -OCH3 is 1. The normalized spacial score (nSPS) is 21.3. The minimum absolute atomic E-state index is 0.0119. The van der Waals surface area contributed by atoms with Gasteiger partial charge in [0.25, 0.3) is 5.91 Å². The average molecular weight is 373 g/mol. The lowest BCUT2D eigenvalue weighted by Gasteiger charge is -2.44. The van der Waals surface area contributed by atoms with Crippen LogP contribution in [0.25, 0.3) is 0 Å². The Balaban J connectivity index is 1.76. The molecular formula is C21H31N3O3. The number of carbonyl (C=O) groups is 2. The van der Waals surface area contributed by atoms with Crippen molar-refractivity contribution in [3.63, 3.8) is 0 Å². The summed E-state index contributed by atoms with van der Waals surface area (Å²) in [6, 6.07) is 10.3. The second-order valence-corrected chi connectivity index (χ2v) is 7.59. The molecule has 1 spiro atoms. The van der Waals surface area contributed by atoms with Gasteiger partial charge >= 0.3 is 6.03 Å². The van der Waals surface area contributed by atoms with E-state index in [9.17, 15) is 9.59 Å². The number of benzene rings is 1. The van der Waals surface area contributed by atoms with Crippen molar-refractivity contribution in [2.75, 3.05) is 39.9 Å². The maximum atomic E-state index is 13.2. The topological polar surface area (TPSA) is 53.1 Å². The molecule has 148 valence electrons. The molecule has 2 saturated heterocycles. The number of ether oxygens (including phenoxy) is 1. The lowest BCUT2D eigenvalue weighted by molar-refractivity contribution is -0.136. The number of hydrogen-bond acceptors (Lipinski definition) is 4. The molecule has 2 aliphatic heterocycles. The van der Waals surface area contributed by atoms with E-state index in [0.717, 1.165) is 19.5 Å². The Kier molecular flexibility index (Phi) is 6.17. The van der Waals surface area contributed by atoms with Gasteiger partial charge in [0.1, 0.15) is 5.54 Å². The van der Waals surface area contributed by atoms with Gasteiger partial charge in [0.15, 0.2) is 0 Å². The van der Waals surface area contributed by atoms with Crippen molar-refractivity contribution in [1.29, 1.82) is 0 Å². The number of hydrogen-bond donors (Lipinski definition) is 0. The number of nitrogens with zero attached hydrogens (tertiary/aromatic N) is 3. The number of rotatable bonds is 7. The Morgan fingerprint density at radius 2 is 1.81 bits per heavy atom. The molecule has 1 atom stereocenters. The fourth-order valence-corrected chi connectivity index (χ4v) is 4.42. The standard InChI is InChI=1S/C21H31N3O3/c1-4-23-19(25)21(11-14-22(15-12-21)17(2)16-27-3)24(20(23)26)13-10-18-8-6-5-7-9-18/h5-9,17H,4,10-16H2,1-3H3. The van der Waals surface area contributed by atoms with Gasteiger partial charge in [-0.05, 0) is 38.7 Å². The lowest BCUT2D eigenvalue weighted by Crippen LogP contribution is -2.58. The Bertz CT molecular complexity index is 656. The van der Waals surface area contributed by atoms with Crippen LogP contribution in [-0.4, -0.2) is 78.1 Å². The quantitative estimate of drug-likeness (QED) is 0.689. The SMILES string of the molecule is CCN1C(=O)N(CCc2ccccc2)C2(CCN(C(C)COC)CC2)C1=O. The number of likely N-dealkylation sites (N-methyl/N-ethyl adjacent to an activating group) is 1. The second-order valence-electron chi connectivity index (χ2n) is 7.59.